The van der Waals surface area contributed by atoms with Gasteiger partial charge < -0.3 is 14.0 Å². The number of hydrogen-bond acceptors (Lipinski definition) is 5. The van der Waals surface area contributed by atoms with Gasteiger partial charge in [0.1, 0.15) is 0 Å². The molecule has 3 heterocycles. The molecule has 0 radical (unpaired) electrons. The quantitative estimate of drug-likeness (QED) is 0.552. The first kappa shape index (κ1) is 12.3. The Labute approximate surface area is 124 Å². The maximum atomic E-state index is 12.1. The first-order valence-electron chi connectivity index (χ1n) is 6.54. The molecule has 6 nitrogen and oxygen atoms in total. The van der Waals surface area contributed by atoms with Crippen molar-refractivity contribution in [3.8, 4) is 22.8 Å². The highest BCUT2D eigenvalue weighted by Crippen LogP contribution is 2.39. The predicted molar refractivity (Wildman–Crippen MR) is 79.6 cm³/mol. The Morgan fingerprint density at radius 1 is 1.38 bits per heavy atom. The fourth-order valence-electron chi connectivity index (χ4n) is 2.63. The van der Waals surface area contributed by atoms with Crippen LogP contribution in [0, 0.1) is 4.77 Å². The topological polar surface area (TPSA) is 69.1 Å². The smallest absolute Gasteiger partial charge is 0.261 e. The van der Waals surface area contributed by atoms with E-state index in [0.717, 1.165) is 17.4 Å². The molecule has 21 heavy (non-hydrogen) atoms. The zero-order valence-corrected chi connectivity index (χ0v) is 12.0. The average Bonchev–Trinajstić information content (AvgIpc) is 2.92. The molecular formula is C14H11N3O3S. The molecule has 1 aromatic carbocycles. The number of aryl methyl sites for hydroxylation is 1. The Kier molecular flexibility index (Phi) is 2.52. The molecule has 7 heteroatoms. The lowest BCUT2D eigenvalue weighted by Gasteiger charge is -2.15. The third-order valence-electron chi connectivity index (χ3n) is 3.61. The monoisotopic (exact) mass is 301 g/mol. The Bertz CT molecular complexity index is 960. The van der Waals surface area contributed by atoms with Gasteiger partial charge in [-0.3, -0.25) is 9.78 Å². The Morgan fingerprint density at radius 2 is 2.14 bits per heavy atom. The van der Waals surface area contributed by atoms with Crippen molar-refractivity contribution in [2.45, 2.75) is 13.5 Å². The summed E-state index contributed by atoms with van der Waals surface area (Å²) in [7, 11) is 0. The van der Waals surface area contributed by atoms with E-state index in [1.165, 1.54) is 0 Å². The van der Waals surface area contributed by atoms with Crippen LogP contribution >= 0.6 is 12.2 Å². The summed E-state index contributed by atoms with van der Waals surface area (Å²) in [6.45, 7) is 2.94. The zero-order valence-electron chi connectivity index (χ0n) is 11.2. The van der Waals surface area contributed by atoms with Crippen LogP contribution in [0.1, 0.15) is 6.92 Å². The lowest BCUT2D eigenvalue weighted by atomic mass is 10.1. The summed E-state index contributed by atoms with van der Waals surface area (Å²) in [4.78, 5) is 19.0. The number of aromatic nitrogens is 3. The number of aromatic amines is 1. The molecule has 0 fully saturated rings. The molecule has 1 aromatic rings. The molecule has 0 saturated heterocycles. The van der Waals surface area contributed by atoms with E-state index in [1.54, 1.807) is 6.20 Å². The van der Waals surface area contributed by atoms with Crippen molar-refractivity contribution in [2.24, 2.45) is 0 Å². The number of benzene rings is 1. The molecule has 0 saturated carbocycles. The second-order valence-corrected chi connectivity index (χ2v) is 5.16. The minimum Gasteiger partial charge on any atom is -0.454 e. The van der Waals surface area contributed by atoms with Gasteiger partial charge in [0, 0.05) is 24.2 Å². The van der Waals surface area contributed by atoms with Gasteiger partial charge in [-0.25, -0.2) is 4.98 Å². The van der Waals surface area contributed by atoms with Crippen LogP contribution in [0.3, 0.4) is 0 Å². The maximum Gasteiger partial charge on any atom is 0.261 e. The fraction of sp³-hybridized carbons (Fsp3) is 0.214. The Morgan fingerprint density at radius 3 is 2.90 bits per heavy atom. The van der Waals surface area contributed by atoms with Crippen LogP contribution in [0.25, 0.3) is 22.2 Å². The van der Waals surface area contributed by atoms with Crippen molar-refractivity contribution in [3.05, 3.63) is 33.5 Å². The summed E-state index contributed by atoms with van der Waals surface area (Å²) in [5.74, 6) is 1.36. The van der Waals surface area contributed by atoms with E-state index in [4.69, 9.17) is 21.7 Å². The molecule has 106 valence electrons. The molecule has 0 bridgehead atoms. The van der Waals surface area contributed by atoms with Gasteiger partial charge in [-0.1, -0.05) is 0 Å². The SMILES string of the molecule is CCn1cc2c(=O)[nH]c(=S)nc-2c2cc3c(cc21)OCO3. The van der Waals surface area contributed by atoms with Crippen LogP contribution in [0.4, 0.5) is 0 Å². The number of hydrogen-bond donors (Lipinski definition) is 1. The van der Waals surface area contributed by atoms with Crippen LogP contribution in [-0.4, -0.2) is 21.3 Å². The summed E-state index contributed by atoms with van der Waals surface area (Å²) in [6.07, 6.45) is 1.79. The average molecular weight is 301 g/mol. The number of ether oxygens (including phenoxy) is 2. The third-order valence-corrected chi connectivity index (χ3v) is 3.81. The Balaban J connectivity index is 2.24. The van der Waals surface area contributed by atoms with Crippen molar-refractivity contribution in [1.82, 2.24) is 14.5 Å². The molecule has 0 amide bonds. The first-order valence-corrected chi connectivity index (χ1v) is 6.95. The zero-order chi connectivity index (χ0) is 14.6. The normalized spacial score (nSPS) is 13.2. The summed E-state index contributed by atoms with van der Waals surface area (Å²) >= 11 is 5.02. The van der Waals surface area contributed by atoms with Gasteiger partial charge in [0.15, 0.2) is 16.3 Å². The van der Waals surface area contributed by atoms with E-state index in [1.807, 2.05) is 23.6 Å². The van der Waals surface area contributed by atoms with Gasteiger partial charge in [-0.2, -0.15) is 0 Å². The van der Waals surface area contributed by atoms with Crippen LogP contribution in [0.5, 0.6) is 11.5 Å². The highest BCUT2D eigenvalue weighted by Gasteiger charge is 2.20. The van der Waals surface area contributed by atoms with Gasteiger partial charge in [0.2, 0.25) is 6.79 Å². The molecule has 1 N–H and O–H groups in total. The van der Waals surface area contributed by atoms with Crippen molar-refractivity contribution in [2.75, 3.05) is 6.79 Å². The molecule has 0 unspecified atom stereocenters. The third kappa shape index (κ3) is 1.74. The second-order valence-electron chi connectivity index (χ2n) is 4.77. The van der Waals surface area contributed by atoms with E-state index < -0.39 is 0 Å². The number of fused-ring (bicyclic) bond motifs is 4. The van der Waals surface area contributed by atoms with Crippen molar-refractivity contribution < 1.29 is 9.47 Å². The highest BCUT2D eigenvalue weighted by atomic mass is 32.1. The van der Waals surface area contributed by atoms with E-state index in [9.17, 15) is 4.79 Å². The van der Waals surface area contributed by atoms with Gasteiger partial charge in [-0.05, 0) is 25.2 Å². The van der Waals surface area contributed by atoms with Crippen LogP contribution < -0.4 is 15.0 Å². The van der Waals surface area contributed by atoms with Crippen LogP contribution in [0.2, 0.25) is 0 Å². The molecular weight excluding hydrogens is 290 g/mol. The van der Waals surface area contributed by atoms with Gasteiger partial charge in [-0.15, -0.1) is 0 Å². The molecule has 0 aliphatic carbocycles. The predicted octanol–water partition coefficient (Wildman–Crippen LogP) is 2.31. The van der Waals surface area contributed by atoms with Crippen LogP contribution in [0.15, 0.2) is 23.1 Å². The lowest BCUT2D eigenvalue weighted by Crippen LogP contribution is -2.15. The minimum absolute atomic E-state index is 0.181. The number of nitrogens with zero attached hydrogens (tertiary/aromatic N) is 2. The first-order chi connectivity index (χ1) is 10.2. The van der Waals surface area contributed by atoms with E-state index in [0.29, 0.717) is 22.8 Å². The molecule has 0 atom stereocenters. The number of nitrogens with one attached hydrogen (secondary N) is 1. The number of rotatable bonds is 1. The van der Waals surface area contributed by atoms with Gasteiger partial charge >= 0.3 is 0 Å². The Hall–Kier alpha value is -2.41. The number of pyridine rings is 1. The van der Waals surface area contributed by atoms with E-state index >= 15 is 0 Å². The molecule has 4 rings (SSSR count). The van der Waals surface area contributed by atoms with Gasteiger partial charge in [0.25, 0.3) is 5.56 Å². The van der Waals surface area contributed by atoms with Crippen LogP contribution in [-0.2, 0) is 6.54 Å². The molecule has 3 aliphatic heterocycles. The standard InChI is InChI=1S/C14H11N3O3S/c1-2-17-5-8-12(15-14(21)16-13(8)18)7-3-10-11(4-9(7)17)20-6-19-10/h3-5H,2,6H2,1H3,(H,16,18,21). The van der Waals surface area contributed by atoms with E-state index in [-0.39, 0.29) is 17.1 Å². The fourth-order valence-corrected chi connectivity index (χ4v) is 2.82. The van der Waals surface area contributed by atoms with E-state index in [2.05, 4.69) is 9.97 Å². The largest absolute Gasteiger partial charge is 0.454 e. The van der Waals surface area contributed by atoms with Crippen molar-refractivity contribution >= 4 is 23.1 Å². The number of H-pyrrole nitrogens is 1. The van der Waals surface area contributed by atoms with Crippen molar-refractivity contribution in [3.63, 3.8) is 0 Å². The molecule has 0 spiro atoms. The summed E-state index contributed by atoms with van der Waals surface area (Å²) in [5.41, 5.74) is 1.80. The summed E-state index contributed by atoms with van der Waals surface area (Å²) in [5, 5.41) is 0.829. The van der Waals surface area contributed by atoms with Crippen molar-refractivity contribution in [1.29, 1.82) is 0 Å². The lowest BCUT2D eigenvalue weighted by molar-refractivity contribution is 0.174. The molecule has 3 aliphatic rings. The second kappa shape index (κ2) is 4.29. The minimum atomic E-state index is -0.230. The maximum absolute atomic E-state index is 12.1. The molecule has 0 aromatic heterocycles. The summed E-state index contributed by atoms with van der Waals surface area (Å²) < 4.78 is 13.0. The summed E-state index contributed by atoms with van der Waals surface area (Å²) in [6, 6.07) is 3.76. The highest BCUT2D eigenvalue weighted by molar-refractivity contribution is 7.71. The van der Waals surface area contributed by atoms with Gasteiger partial charge in [0.05, 0.1) is 16.8 Å².